The second-order valence-electron chi connectivity index (χ2n) is 9.59. The summed E-state index contributed by atoms with van der Waals surface area (Å²) in [7, 11) is 1.99. The first-order valence-electron chi connectivity index (χ1n) is 11.8. The fraction of sp³-hybridized carbons (Fsp3) is 0.407. The highest BCUT2D eigenvalue weighted by atomic mass is 16.2. The van der Waals surface area contributed by atoms with Crippen LogP contribution in [0, 0.1) is 24.2 Å². The molecule has 0 unspecified atom stereocenters. The second-order valence-corrected chi connectivity index (χ2v) is 9.59. The molecule has 2 atom stereocenters. The third-order valence-corrected chi connectivity index (χ3v) is 6.87. The van der Waals surface area contributed by atoms with Crippen LogP contribution >= 0.6 is 0 Å². The fourth-order valence-electron chi connectivity index (χ4n) is 5.01. The molecule has 3 heterocycles. The molecular weight excluding hydrogens is 426 g/mol. The second kappa shape index (κ2) is 9.30. The van der Waals surface area contributed by atoms with Gasteiger partial charge in [0.1, 0.15) is 5.65 Å². The Morgan fingerprint density at radius 3 is 2.74 bits per heavy atom. The van der Waals surface area contributed by atoms with Crippen molar-refractivity contribution >= 4 is 28.5 Å². The van der Waals surface area contributed by atoms with E-state index in [1.807, 2.05) is 37.3 Å². The third-order valence-electron chi connectivity index (χ3n) is 6.87. The summed E-state index contributed by atoms with van der Waals surface area (Å²) in [5, 5.41) is 13.2. The number of nitriles is 1. The number of carbonyl (C=O) groups excluding carboxylic acids is 2. The minimum absolute atomic E-state index is 0.00280. The standard InChI is InChI=1S/C27H31N5O2/c1-16(2)27(34)32-10-9-20(11-17(32)3)22-15-31(5)25-24(22)18(4)23(14-29-25)30-26(33)21-8-6-7-19(12-21)13-28/h6-8,12,14-17,20H,9-11H2,1-5H3,(H,30,33)/t17-,20+/m0/s1. The van der Waals surface area contributed by atoms with E-state index in [1.165, 1.54) is 5.56 Å². The van der Waals surface area contributed by atoms with Crippen molar-refractivity contribution in [1.82, 2.24) is 14.5 Å². The first-order chi connectivity index (χ1) is 16.2. The number of carbonyl (C=O) groups is 2. The summed E-state index contributed by atoms with van der Waals surface area (Å²) in [5.74, 6) is 0.261. The van der Waals surface area contributed by atoms with Gasteiger partial charge in [0.25, 0.3) is 5.91 Å². The number of aryl methyl sites for hydroxylation is 2. The molecule has 0 bridgehead atoms. The zero-order valence-corrected chi connectivity index (χ0v) is 20.4. The third kappa shape index (κ3) is 4.28. The summed E-state index contributed by atoms with van der Waals surface area (Å²) in [5.41, 5.74) is 4.60. The maximum atomic E-state index is 12.9. The van der Waals surface area contributed by atoms with Crippen molar-refractivity contribution in [1.29, 1.82) is 5.26 Å². The minimum Gasteiger partial charge on any atom is -0.340 e. The number of amides is 2. The van der Waals surface area contributed by atoms with E-state index in [9.17, 15) is 9.59 Å². The molecule has 2 amide bonds. The monoisotopic (exact) mass is 457 g/mol. The van der Waals surface area contributed by atoms with E-state index in [0.29, 0.717) is 22.7 Å². The average Bonchev–Trinajstić information content (AvgIpc) is 3.17. The number of piperidine rings is 1. The van der Waals surface area contributed by atoms with Crippen LogP contribution in [0.3, 0.4) is 0 Å². The zero-order valence-electron chi connectivity index (χ0n) is 20.4. The number of hydrogen-bond donors (Lipinski definition) is 1. The molecule has 1 aliphatic rings. The van der Waals surface area contributed by atoms with Crippen molar-refractivity contribution < 1.29 is 9.59 Å². The Kier molecular flexibility index (Phi) is 6.43. The highest BCUT2D eigenvalue weighted by molar-refractivity contribution is 6.06. The summed E-state index contributed by atoms with van der Waals surface area (Å²) < 4.78 is 2.04. The summed E-state index contributed by atoms with van der Waals surface area (Å²) >= 11 is 0. The van der Waals surface area contributed by atoms with E-state index in [0.717, 1.165) is 36.0 Å². The van der Waals surface area contributed by atoms with Crippen LogP contribution in [0.5, 0.6) is 0 Å². The number of nitrogens with one attached hydrogen (secondary N) is 1. The highest BCUT2D eigenvalue weighted by Crippen LogP contribution is 2.39. The molecule has 1 aliphatic heterocycles. The number of pyridine rings is 1. The number of fused-ring (bicyclic) bond motifs is 1. The van der Waals surface area contributed by atoms with Crippen molar-refractivity contribution in [3.05, 3.63) is 58.9 Å². The van der Waals surface area contributed by atoms with Gasteiger partial charge in [0.05, 0.1) is 23.5 Å². The summed E-state index contributed by atoms with van der Waals surface area (Å²) in [4.78, 5) is 32.1. The summed E-state index contributed by atoms with van der Waals surface area (Å²) in [6, 6.07) is 8.89. The highest BCUT2D eigenvalue weighted by Gasteiger charge is 2.32. The molecule has 1 fully saturated rings. The molecule has 4 rings (SSSR count). The van der Waals surface area contributed by atoms with Gasteiger partial charge in [-0.1, -0.05) is 19.9 Å². The van der Waals surface area contributed by atoms with Crippen LogP contribution in [0.1, 0.15) is 66.6 Å². The lowest BCUT2D eigenvalue weighted by molar-refractivity contribution is -0.138. The van der Waals surface area contributed by atoms with Crippen LogP contribution in [-0.4, -0.2) is 38.9 Å². The van der Waals surface area contributed by atoms with Gasteiger partial charge < -0.3 is 14.8 Å². The number of rotatable bonds is 4. The molecule has 34 heavy (non-hydrogen) atoms. The van der Waals surface area contributed by atoms with Gasteiger partial charge in [0.15, 0.2) is 0 Å². The zero-order chi connectivity index (χ0) is 24.6. The van der Waals surface area contributed by atoms with Crippen LogP contribution in [-0.2, 0) is 11.8 Å². The Morgan fingerprint density at radius 1 is 1.29 bits per heavy atom. The van der Waals surface area contributed by atoms with Crippen LogP contribution < -0.4 is 5.32 Å². The number of anilines is 1. The summed E-state index contributed by atoms with van der Waals surface area (Å²) in [6.07, 6.45) is 5.64. The van der Waals surface area contributed by atoms with Gasteiger partial charge >= 0.3 is 0 Å². The molecule has 0 spiro atoms. The van der Waals surface area contributed by atoms with Crippen LogP contribution in [0.25, 0.3) is 11.0 Å². The van der Waals surface area contributed by atoms with E-state index in [-0.39, 0.29) is 23.8 Å². The molecule has 7 nitrogen and oxygen atoms in total. The quantitative estimate of drug-likeness (QED) is 0.612. The molecule has 0 radical (unpaired) electrons. The molecule has 0 saturated carbocycles. The Bertz CT molecular complexity index is 1300. The molecule has 1 aromatic carbocycles. The first kappa shape index (κ1) is 23.5. The van der Waals surface area contributed by atoms with Gasteiger partial charge in [-0.3, -0.25) is 9.59 Å². The lowest BCUT2D eigenvalue weighted by Gasteiger charge is -2.38. The van der Waals surface area contributed by atoms with Crippen LogP contribution in [0.15, 0.2) is 36.7 Å². The normalized spacial score (nSPS) is 18.2. The number of likely N-dealkylation sites (tertiary alicyclic amines) is 1. The molecule has 1 saturated heterocycles. The predicted molar refractivity (Wildman–Crippen MR) is 133 cm³/mol. The molecule has 7 heteroatoms. The van der Waals surface area contributed by atoms with Crippen LogP contribution in [0.2, 0.25) is 0 Å². The van der Waals surface area contributed by atoms with Gasteiger partial charge in [-0.2, -0.15) is 5.26 Å². The number of benzene rings is 1. The predicted octanol–water partition coefficient (Wildman–Crippen LogP) is 4.76. The van der Waals surface area contributed by atoms with Gasteiger partial charge in [-0.05, 0) is 61.9 Å². The van der Waals surface area contributed by atoms with E-state index < -0.39 is 0 Å². The molecule has 0 aliphatic carbocycles. The smallest absolute Gasteiger partial charge is 0.255 e. The van der Waals surface area contributed by atoms with Crippen molar-refractivity contribution in [3.63, 3.8) is 0 Å². The molecule has 1 N–H and O–H groups in total. The molecule has 176 valence electrons. The average molecular weight is 458 g/mol. The molecule has 2 aromatic heterocycles. The summed E-state index contributed by atoms with van der Waals surface area (Å²) in [6.45, 7) is 8.79. The van der Waals surface area contributed by atoms with Gasteiger partial charge in [-0.25, -0.2) is 4.98 Å². The van der Waals surface area contributed by atoms with Crippen LogP contribution in [0.4, 0.5) is 5.69 Å². The topological polar surface area (TPSA) is 91.0 Å². The van der Waals surface area contributed by atoms with Crippen molar-refractivity contribution in [3.8, 4) is 6.07 Å². The molecular formula is C27H31N5O2. The van der Waals surface area contributed by atoms with Gasteiger partial charge in [-0.15, -0.1) is 0 Å². The Balaban J connectivity index is 1.64. The van der Waals surface area contributed by atoms with E-state index in [1.54, 1.807) is 30.5 Å². The Morgan fingerprint density at radius 2 is 2.06 bits per heavy atom. The van der Waals surface area contributed by atoms with Crippen molar-refractivity contribution in [2.45, 2.75) is 52.5 Å². The lowest BCUT2D eigenvalue weighted by atomic mass is 9.84. The Labute approximate surface area is 200 Å². The lowest BCUT2D eigenvalue weighted by Crippen LogP contribution is -2.45. The number of nitrogens with zero attached hydrogens (tertiary/aromatic N) is 4. The maximum absolute atomic E-state index is 12.9. The van der Waals surface area contributed by atoms with Crippen molar-refractivity contribution in [2.75, 3.05) is 11.9 Å². The van der Waals surface area contributed by atoms with Crippen molar-refractivity contribution in [2.24, 2.45) is 13.0 Å². The van der Waals surface area contributed by atoms with E-state index >= 15 is 0 Å². The maximum Gasteiger partial charge on any atom is 0.255 e. The van der Waals surface area contributed by atoms with E-state index in [2.05, 4.69) is 29.5 Å². The SMILES string of the molecule is Cc1c(NC(=O)c2cccc(C#N)c2)cnc2c1c([C@@H]1CCN(C(=O)C(C)C)[C@@H](C)C1)cn2C. The van der Waals surface area contributed by atoms with Gasteiger partial charge in [0.2, 0.25) is 5.91 Å². The fourth-order valence-corrected chi connectivity index (χ4v) is 5.01. The van der Waals surface area contributed by atoms with E-state index in [4.69, 9.17) is 5.26 Å². The largest absolute Gasteiger partial charge is 0.340 e. The minimum atomic E-state index is -0.270. The number of hydrogen-bond acceptors (Lipinski definition) is 4. The number of aromatic nitrogens is 2. The Hall–Kier alpha value is -3.66. The first-order valence-corrected chi connectivity index (χ1v) is 11.8. The van der Waals surface area contributed by atoms with Gasteiger partial charge in [0, 0.05) is 42.7 Å². The molecule has 3 aromatic rings.